The van der Waals surface area contributed by atoms with E-state index in [1.165, 1.54) is 38.4 Å². The highest BCUT2D eigenvalue weighted by atomic mass is 35.5. The van der Waals surface area contributed by atoms with Crippen molar-refractivity contribution in [2.75, 3.05) is 14.2 Å². The number of benzene rings is 2. The summed E-state index contributed by atoms with van der Waals surface area (Å²) < 4.78 is 11.1. The summed E-state index contributed by atoms with van der Waals surface area (Å²) in [6.45, 7) is 0.0949. The van der Waals surface area contributed by atoms with Gasteiger partial charge in [-0.25, -0.2) is 0 Å². The molecular weight excluding hydrogens is 446 g/mol. The predicted molar refractivity (Wildman–Crippen MR) is 117 cm³/mol. The number of hydrogen-bond donors (Lipinski definition) is 1. The number of nitrogens with one attached hydrogen (secondary N) is 1. The number of nitro benzene ring substituents is 1. The third kappa shape index (κ3) is 4.81. The highest BCUT2D eigenvalue weighted by Crippen LogP contribution is 2.37. The van der Waals surface area contributed by atoms with Gasteiger partial charge in [0, 0.05) is 19.2 Å². The van der Waals surface area contributed by atoms with Crippen LogP contribution in [0.1, 0.15) is 11.1 Å². The van der Waals surface area contributed by atoms with Crippen LogP contribution in [0.5, 0.6) is 11.5 Å². The van der Waals surface area contributed by atoms with E-state index in [1.54, 1.807) is 18.2 Å². The third-order valence-corrected chi connectivity index (χ3v) is 5.05. The highest BCUT2D eigenvalue weighted by molar-refractivity contribution is 7.80. The maximum absolute atomic E-state index is 12.4. The van der Waals surface area contributed by atoms with Crippen molar-refractivity contribution in [3.8, 4) is 11.5 Å². The van der Waals surface area contributed by atoms with Crippen LogP contribution in [0.3, 0.4) is 0 Å². The molecule has 1 aliphatic rings. The first-order valence-electron chi connectivity index (χ1n) is 8.80. The first-order chi connectivity index (χ1) is 14.7. The van der Waals surface area contributed by atoms with E-state index in [1.807, 2.05) is 0 Å². The molecule has 11 heteroatoms. The number of thiocarbonyl (C=S) groups is 1. The Kier molecular flexibility index (Phi) is 6.52. The van der Waals surface area contributed by atoms with Gasteiger partial charge in [0.05, 0.1) is 17.1 Å². The Morgan fingerprint density at radius 3 is 2.55 bits per heavy atom. The second-order valence-electron chi connectivity index (χ2n) is 6.43. The van der Waals surface area contributed by atoms with Gasteiger partial charge in [-0.2, -0.15) is 0 Å². The number of likely N-dealkylation sites (N-methyl/N-ethyl adjacent to an activating group) is 1. The zero-order valence-electron chi connectivity index (χ0n) is 16.4. The maximum Gasteiger partial charge on any atom is 0.269 e. The monoisotopic (exact) mass is 461 g/mol. The van der Waals surface area contributed by atoms with E-state index in [2.05, 4.69) is 5.32 Å². The zero-order valence-corrected chi connectivity index (χ0v) is 18.0. The Morgan fingerprint density at radius 1 is 1.26 bits per heavy atom. The van der Waals surface area contributed by atoms with Crippen LogP contribution in [0.15, 0.2) is 42.0 Å². The highest BCUT2D eigenvalue weighted by Gasteiger charge is 2.30. The van der Waals surface area contributed by atoms with Crippen LogP contribution in [0.2, 0.25) is 5.02 Å². The number of hydrogen-bond acceptors (Lipinski definition) is 7. The quantitative estimate of drug-likeness (QED) is 0.231. The van der Waals surface area contributed by atoms with Gasteiger partial charge in [0.15, 0.2) is 16.6 Å². The van der Waals surface area contributed by atoms with Crippen molar-refractivity contribution in [3.63, 3.8) is 0 Å². The van der Waals surface area contributed by atoms with Crippen molar-refractivity contribution in [2.24, 2.45) is 0 Å². The van der Waals surface area contributed by atoms with Crippen LogP contribution in [0.4, 0.5) is 5.69 Å². The van der Waals surface area contributed by atoms with Crippen molar-refractivity contribution in [1.29, 1.82) is 0 Å². The molecule has 1 saturated heterocycles. The number of ether oxygens (including phenoxy) is 2. The Morgan fingerprint density at radius 2 is 1.94 bits per heavy atom. The lowest BCUT2D eigenvalue weighted by Crippen LogP contribution is -2.52. The molecule has 2 amide bonds. The summed E-state index contributed by atoms with van der Waals surface area (Å²) in [5.74, 6) is -0.611. The lowest BCUT2D eigenvalue weighted by molar-refractivity contribution is -0.384. The van der Waals surface area contributed by atoms with Crippen LogP contribution in [-0.2, 0) is 16.2 Å². The van der Waals surface area contributed by atoms with E-state index in [-0.39, 0.29) is 39.5 Å². The largest absolute Gasteiger partial charge is 0.493 e. The predicted octanol–water partition coefficient (Wildman–Crippen LogP) is 3.09. The molecule has 0 spiro atoms. The molecule has 0 aliphatic carbocycles. The van der Waals surface area contributed by atoms with E-state index >= 15 is 0 Å². The number of rotatable bonds is 6. The normalized spacial score (nSPS) is 15.1. The summed E-state index contributed by atoms with van der Waals surface area (Å²) in [6.07, 6.45) is 1.38. The summed E-state index contributed by atoms with van der Waals surface area (Å²) in [5, 5.41) is 13.4. The van der Waals surface area contributed by atoms with Crippen LogP contribution < -0.4 is 14.8 Å². The maximum atomic E-state index is 12.4. The molecular formula is C20H16ClN3O6S. The molecule has 160 valence electrons. The number of carbonyl (C=O) groups is 2. The molecule has 2 aromatic rings. The van der Waals surface area contributed by atoms with Crippen molar-refractivity contribution >= 4 is 52.5 Å². The average molecular weight is 462 g/mol. The average Bonchev–Trinajstić information content (AvgIpc) is 2.74. The van der Waals surface area contributed by atoms with E-state index in [0.717, 1.165) is 4.90 Å². The second kappa shape index (κ2) is 9.11. The SMILES string of the molecule is COc1cc(/C=C2\C(=O)NC(=S)N(C)C2=O)cc(Cl)c1OCc1ccc([N+](=O)[O-])cc1. The molecule has 9 nitrogen and oxygen atoms in total. The number of nitrogens with zero attached hydrogens (tertiary/aromatic N) is 2. The molecule has 1 N–H and O–H groups in total. The van der Waals surface area contributed by atoms with Gasteiger partial charge in [0.2, 0.25) is 0 Å². The smallest absolute Gasteiger partial charge is 0.269 e. The van der Waals surface area contributed by atoms with E-state index in [9.17, 15) is 19.7 Å². The molecule has 0 saturated carbocycles. The van der Waals surface area contributed by atoms with E-state index in [4.69, 9.17) is 33.3 Å². The van der Waals surface area contributed by atoms with Crippen molar-refractivity contribution in [2.45, 2.75) is 6.61 Å². The van der Waals surface area contributed by atoms with Gasteiger partial charge in [-0.05, 0) is 53.7 Å². The standard InChI is InChI=1S/C20H16ClN3O6S/c1-23-19(26)14(18(25)22-20(23)31)7-12-8-15(21)17(16(9-12)29-2)30-10-11-3-5-13(6-4-11)24(27)28/h3-9H,10H2,1-2H3,(H,22,25,31)/b14-7+. The van der Waals surface area contributed by atoms with Gasteiger partial charge in [0.25, 0.3) is 17.5 Å². The number of halogens is 1. The summed E-state index contributed by atoms with van der Waals surface area (Å²) in [5.41, 5.74) is 1.01. The van der Waals surface area contributed by atoms with Gasteiger partial charge < -0.3 is 9.47 Å². The first kappa shape index (κ1) is 22.2. The van der Waals surface area contributed by atoms with Crippen LogP contribution in [0.25, 0.3) is 6.08 Å². The van der Waals surface area contributed by atoms with Crippen LogP contribution in [-0.4, -0.2) is 40.9 Å². The zero-order chi connectivity index (χ0) is 22.7. The Hall–Kier alpha value is -3.50. The Labute approximate surface area is 187 Å². The fraction of sp³-hybridized carbons (Fsp3) is 0.150. The molecule has 1 fully saturated rings. The minimum Gasteiger partial charge on any atom is -0.493 e. The second-order valence-corrected chi connectivity index (χ2v) is 7.22. The third-order valence-electron chi connectivity index (χ3n) is 4.40. The molecule has 0 bridgehead atoms. The Bertz CT molecular complexity index is 1120. The fourth-order valence-electron chi connectivity index (χ4n) is 2.74. The molecule has 1 aliphatic heterocycles. The molecule has 1 heterocycles. The number of carbonyl (C=O) groups excluding carboxylic acids is 2. The van der Waals surface area contributed by atoms with Gasteiger partial charge >= 0.3 is 0 Å². The van der Waals surface area contributed by atoms with Gasteiger partial charge in [-0.15, -0.1) is 0 Å². The minimum absolute atomic E-state index is 0.0237. The molecule has 0 aromatic heterocycles. The van der Waals surface area contributed by atoms with Gasteiger partial charge in [-0.1, -0.05) is 11.6 Å². The first-order valence-corrected chi connectivity index (χ1v) is 9.58. The molecule has 0 unspecified atom stereocenters. The van der Waals surface area contributed by atoms with Crippen molar-refractivity contribution in [3.05, 3.63) is 68.2 Å². The summed E-state index contributed by atoms with van der Waals surface area (Å²) in [4.78, 5) is 35.9. The summed E-state index contributed by atoms with van der Waals surface area (Å²) >= 11 is 11.3. The lowest BCUT2D eigenvalue weighted by atomic mass is 10.1. The van der Waals surface area contributed by atoms with E-state index < -0.39 is 16.7 Å². The van der Waals surface area contributed by atoms with Crippen LogP contribution >= 0.6 is 23.8 Å². The Balaban J connectivity index is 1.85. The van der Waals surface area contributed by atoms with Gasteiger partial charge in [0.1, 0.15) is 12.2 Å². The minimum atomic E-state index is -0.610. The van der Waals surface area contributed by atoms with E-state index in [0.29, 0.717) is 11.1 Å². The molecule has 0 radical (unpaired) electrons. The number of non-ortho nitro benzene ring substituents is 1. The van der Waals surface area contributed by atoms with Crippen molar-refractivity contribution < 1.29 is 24.0 Å². The topological polar surface area (TPSA) is 111 Å². The van der Waals surface area contributed by atoms with Crippen LogP contribution in [0, 0.1) is 10.1 Å². The molecule has 31 heavy (non-hydrogen) atoms. The van der Waals surface area contributed by atoms with Gasteiger partial charge in [-0.3, -0.25) is 29.9 Å². The fourth-order valence-corrected chi connectivity index (χ4v) is 3.19. The number of amides is 2. The number of nitro groups is 1. The molecule has 0 atom stereocenters. The van der Waals surface area contributed by atoms with Crippen molar-refractivity contribution in [1.82, 2.24) is 10.2 Å². The summed E-state index contributed by atoms with van der Waals surface area (Å²) in [7, 11) is 2.88. The molecule has 2 aromatic carbocycles. The lowest BCUT2D eigenvalue weighted by Gasteiger charge is -2.25. The number of methoxy groups -OCH3 is 1. The summed E-state index contributed by atoms with van der Waals surface area (Å²) in [6, 6.07) is 8.99. The molecule has 3 rings (SSSR count).